The summed E-state index contributed by atoms with van der Waals surface area (Å²) in [6, 6.07) is 9.68. The molecule has 0 unspecified atom stereocenters. The zero-order valence-electron chi connectivity index (χ0n) is 13.3. The first-order chi connectivity index (χ1) is 10.3. The largest absolute Gasteiger partial charge is 0.484 e. The van der Waals surface area contributed by atoms with Crippen LogP contribution in [0.25, 0.3) is 0 Å². The Hall–Kier alpha value is -2.00. The molecule has 2 aromatic rings. The van der Waals surface area contributed by atoms with E-state index in [-0.39, 0.29) is 12.5 Å². The van der Waals surface area contributed by atoms with Gasteiger partial charge in [0.05, 0.1) is 10.7 Å². The highest BCUT2D eigenvalue weighted by Crippen LogP contribution is 2.27. The van der Waals surface area contributed by atoms with Crippen LogP contribution in [0, 0.1) is 27.7 Å². The molecule has 0 aliphatic carbocycles. The number of halogens is 1. The van der Waals surface area contributed by atoms with E-state index in [0.29, 0.717) is 16.5 Å². The van der Waals surface area contributed by atoms with Crippen molar-refractivity contribution in [3.8, 4) is 5.75 Å². The molecule has 4 heteroatoms. The van der Waals surface area contributed by atoms with E-state index >= 15 is 0 Å². The van der Waals surface area contributed by atoms with Gasteiger partial charge in [0.15, 0.2) is 6.61 Å². The standard InChI is InChI=1S/C18H20ClNO2/c1-11-5-12(2)8-15(7-11)22-10-17(21)20-18-14(4)6-13(3)9-16(18)19/h5-9H,10H2,1-4H3,(H,20,21). The average Bonchev–Trinajstić information content (AvgIpc) is 2.39. The van der Waals surface area contributed by atoms with Gasteiger partial charge in [-0.2, -0.15) is 0 Å². The maximum Gasteiger partial charge on any atom is 0.262 e. The van der Waals surface area contributed by atoms with Crippen molar-refractivity contribution in [2.24, 2.45) is 0 Å². The number of benzene rings is 2. The number of hydrogen-bond donors (Lipinski definition) is 1. The number of carbonyl (C=O) groups is 1. The van der Waals surface area contributed by atoms with Crippen LogP contribution in [0.1, 0.15) is 22.3 Å². The highest BCUT2D eigenvalue weighted by molar-refractivity contribution is 6.34. The van der Waals surface area contributed by atoms with Gasteiger partial charge in [0.25, 0.3) is 5.91 Å². The third-order valence-electron chi connectivity index (χ3n) is 3.26. The molecule has 0 aromatic heterocycles. The Balaban J connectivity index is 2.02. The number of anilines is 1. The molecule has 2 rings (SSSR count). The summed E-state index contributed by atoms with van der Waals surface area (Å²) in [5.41, 5.74) is 4.85. The molecule has 3 nitrogen and oxygen atoms in total. The second kappa shape index (κ2) is 6.84. The van der Waals surface area contributed by atoms with E-state index in [1.165, 1.54) is 0 Å². The molecule has 0 heterocycles. The van der Waals surface area contributed by atoms with E-state index in [4.69, 9.17) is 16.3 Å². The number of ether oxygens (including phenoxy) is 1. The lowest BCUT2D eigenvalue weighted by Gasteiger charge is -2.12. The van der Waals surface area contributed by atoms with Crippen LogP contribution >= 0.6 is 11.6 Å². The maximum absolute atomic E-state index is 12.1. The van der Waals surface area contributed by atoms with Crippen molar-refractivity contribution in [1.82, 2.24) is 0 Å². The van der Waals surface area contributed by atoms with Crippen LogP contribution in [-0.2, 0) is 4.79 Å². The molecule has 1 N–H and O–H groups in total. The van der Waals surface area contributed by atoms with Crippen LogP contribution in [0.5, 0.6) is 5.75 Å². The van der Waals surface area contributed by atoms with Crippen LogP contribution in [0.3, 0.4) is 0 Å². The summed E-state index contributed by atoms with van der Waals surface area (Å²) in [6.45, 7) is 7.82. The van der Waals surface area contributed by atoms with E-state index in [9.17, 15) is 4.79 Å². The summed E-state index contributed by atoms with van der Waals surface area (Å²) in [5.74, 6) is 0.465. The Morgan fingerprint density at radius 1 is 1.00 bits per heavy atom. The number of nitrogens with one attached hydrogen (secondary N) is 1. The van der Waals surface area contributed by atoms with Crippen LogP contribution in [0.2, 0.25) is 5.02 Å². The first kappa shape index (κ1) is 16.4. The molecular weight excluding hydrogens is 298 g/mol. The van der Waals surface area contributed by atoms with Gasteiger partial charge in [-0.25, -0.2) is 0 Å². The minimum absolute atomic E-state index is 0.0491. The van der Waals surface area contributed by atoms with Gasteiger partial charge in [0.1, 0.15) is 5.75 Å². The summed E-state index contributed by atoms with van der Waals surface area (Å²) < 4.78 is 5.55. The Bertz CT molecular complexity index is 667. The topological polar surface area (TPSA) is 38.3 Å². The number of carbonyl (C=O) groups excluding carboxylic acids is 1. The van der Waals surface area contributed by atoms with Crippen molar-refractivity contribution in [2.75, 3.05) is 11.9 Å². The van der Waals surface area contributed by atoms with Gasteiger partial charge in [-0.15, -0.1) is 0 Å². The summed E-state index contributed by atoms with van der Waals surface area (Å²) in [7, 11) is 0. The molecule has 0 bridgehead atoms. The lowest BCUT2D eigenvalue weighted by molar-refractivity contribution is -0.118. The minimum atomic E-state index is -0.229. The van der Waals surface area contributed by atoms with Gasteiger partial charge in [0, 0.05) is 0 Å². The van der Waals surface area contributed by atoms with Crippen LogP contribution in [0.15, 0.2) is 30.3 Å². The number of rotatable bonds is 4. The smallest absolute Gasteiger partial charge is 0.262 e. The normalized spacial score (nSPS) is 10.4. The van der Waals surface area contributed by atoms with Gasteiger partial charge >= 0.3 is 0 Å². The van der Waals surface area contributed by atoms with Crippen molar-refractivity contribution in [1.29, 1.82) is 0 Å². The highest BCUT2D eigenvalue weighted by Gasteiger charge is 2.10. The second-order valence-corrected chi connectivity index (χ2v) is 6.01. The number of amides is 1. The predicted molar refractivity (Wildman–Crippen MR) is 91.0 cm³/mol. The lowest BCUT2D eigenvalue weighted by atomic mass is 10.1. The fourth-order valence-electron chi connectivity index (χ4n) is 2.41. The Labute approximate surface area is 136 Å². The molecule has 2 aromatic carbocycles. The second-order valence-electron chi connectivity index (χ2n) is 5.60. The summed E-state index contributed by atoms with van der Waals surface area (Å²) in [6.07, 6.45) is 0. The van der Waals surface area contributed by atoms with E-state index < -0.39 is 0 Å². The Morgan fingerprint density at radius 3 is 2.18 bits per heavy atom. The minimum Gasteiger partial charge on any atom is -0.484 e. The van der Waals surface area contributed by atoms with Crippen LogP contribution in [-0.4, -0.2) is 12.5 Å². The van der Waals surface area contributed by atoms with Gasteiger partial charge in [0.2, 0.25) is 0 Å². The fourth-order valence-corrected chi connectivity index (χ4v) is 2.78. The van der Waals surface area contributed by atoms with Gasteiger partial charge in [-0.1, -0.05) is 23.7 Å². The third-order valence-corrected chi connectivity index (χ3v) is 3.56. The Morgan fingerprint density at radius 2 is 1.59 bits per heavy atom. The first-order valence-electron chi connectivity index (χ1n) is 7.13. The van der Waals surface area contributed by atoms with Gasteiger partial charge in [-0.05, 0) is 68.1 Å². The fraction of sp³-hybridized carbons (Fsp3) is 0.278. The molecule has 0 atom stereocenters. The molecule has 22 heavy (non-hydrogen) atoms. The van der Waals surface area contributed by atoms with E-state index in [2.05, 4.69) is 11.4 Å². The van der Waals surface area contributed by atoms with Crippen LogP contribution < -0.4 is 10.1 Å². The molecule has 1 amide bonds. The summed E-state index contributed by atoms with van der Waals surface area (Å²) >= 11 is 6.18. The quantitative estimate of drug-likeness (QED) is 0.895. The molecule has 0 spiro atoms. The average molecular weight is 318 g/mol. The van der Waals surface area contributed by atoms with Gasteiger partial charge in [-0.3, -0.25) is 4.79 Å². The van der Waals surface area contributed by atoms with Crippen molar-refractivity contribution in [3.63, 3.8) is 0 Å². The SMILES string of the molecule is Cc1cc(C)cc(OCC(=O)Nc2c(C)cc(C)cc2Cl)c1. The molecule has 0 saturated heterocycles. The molecule has 0 aliphatic rings. The van der Waals surface area contributed by atoms with E-state index in [1.807, 2.05) is 52.0 Å². The molecule has 116 valence electrons. The van der Waals surface area contributed by atoms with Gasteiger partial charge < -0.3 is 10.1 Å². The lowest BCUT2D eigenvalue weighted by Crippen LogP contribution is -2.21. The molecule has 0 saturated carbocycles. The molecule has 0 fully saturated rings. The van der Waals surface area contributed by atoms with Crippen molar-refractivity contribution < 1.29 is 9.53 Å². The third kappa shape index (κ3) is 4.25. The zero-order valence-corrected chi connectivity index (χ0v) is 14.0. The number of hydrogen-bond acceptors (Lipinski definition) is 2. The first-order valence-corrected chi connectivity index (χ1v) is 7.50. The molecular formula is C18H20ClNO2. The highest BCUT2D eigenvalue weighted by atomic mass is 35.5. The Kier molecular flexibility index (Phi) is 5.09. The van der Waals surface area contributed by atoms with Crippen molar-refractivity contribution in [2.45, 2.75) is 27.7 Å². The predicted octanol–water partition coefficient (Wildman–Crippen LogP) is 4.59. The van der Waals surface area contributed by atoms with E-state index in [0.717, 1.165) is 22.3 Å². The monoisotopic (exact) mass is 317 g/mol. The summed E-state index contributed by atoms with van der Waals surface area (Å²) in [5, 5.41) is 3.35. The molecule has 0 aliphatic heterocycles. The van der Waals surface area contributed by atoms with Crippen molar-refractivity contribution in [3.05, 3.63) is 57.6 Å². The summed E-state index contributed by atoms with van der Waals surface area (Å²) in [4.78, 5) is 12.1. The van der Waals surface area contributed by atoms with Crippen LogP contribution in [0.4, 0.5) is 5.69 Å². The number of aryl methyl sites for hydroxylation is 4. The maximum atomic E-state index is 12.1. The van der Waals surface area contributed by atoms with Crippen molar-refractivity contribution >= 4 is 23.2 Å². The molecule has 0 radical (unpaired) electrons. The van der Waals surface area contributed by atoms with E-state index in [1.54, 1.807) is 0 Å². The zero-order chi connectivity index (χ0) is 16.3.